The molecule has 0 amide bonds. The van der Waals surface area contributed by atoms with E-state index in [1.807, 2.05) is 13.8 Å². The minimum atomic E-state index is -0.148. The number of aromatic nitrogens is 3. The smallest absolute Gasteiger partial charge is 0.343 e. The lowest BCUT2D eigenvalue weighted by atomic mass is 10.2. The van der Waals surface area contributed by atoms with Crippen molar-refractivity contribution in [1.29, 1.82) is 0 Å². The van der Waals surface area contributed by atoms with E-state index in [1.54, 1.807) is 4.57 Å². The van der Waals surface area contributed by atoms with Crippen molar-refractivity contribution in [2.45, 2.75) is 38.8 Å². The zero-order chi connectivity index (χ0) is 10.1. The monoisotopic (exact) mass is 197 g/mol. The standard InChI is InChI=1S/C9H15N3O2/c1-6(2)12-8(10-11-9(12)13)7-4-3-5-14-7/h6-7H,3-5H2,1-2H3,(H,11,13). The number of nitrogens with zero attached hydrogens (tertiary/aromatic N) is 2. The number of aromatic amines is 1. The van der Waals surface area contributed by atoms with Crippen LogP contribution >= 0.6 is 0 Å². The van der Waals surface area contributed by atoms with E-state index in [9.17, 15) is 4.79 Å². The predicted molar refractivity (Wildman–Crippen MR) is 51.2 cm³/mol. The van der Waals surface area contributed by atoms with Crippen molar-refractivity contribution in [2.24, 2.45) is 0 Å². The molecule has 1 unspecified atom stereocenters. The third-order valence-electron chi connectivity index (χ3n) is 2.47. The number of hydrogen-bond donors (Lipinski definition) is 1. The molecule has 5 nitrogen and oxygen atoms in total. The summed E-state index contributed by atoms with van der Waals surface area (Å²) >= 11 is 0. The summed E-state index contributed by atoms with van der Waals surface area (Å²) in [5, 5.41) is 6.49. The SMILES string of the molecule is CC(C)n1c(C2CCCO2)n[nH]c1=O. The third-order valence-corrected chi connectivity index (χ3v) is 2.47. The molecular formula is C9H15N3O2. The van der Waals surface area contributed by atoms with Gasteiger partial charge in [-0.25, -0.2) is 9.89 Å². The van der Waals surface area contributed by atoms with E-state index in [1.165, 1.54) is 0 Å². The zero-order valence-corrected chi connectivity index (χ0v) is 8.49. The lowest BCUT2D eigenvalue weighted by Gasteiger charge is -2.12. The van der Waals surface area contributed by atoms with Crippen molar-refractivity contribution < 1.29 is 4.74 Å². The summed E-state index contributed by atoms with van der Waals surface area (Å²) in [7, 11) is 0. The number of hydrogen-bond acceptors (Lipinski definition) is 3. The van der Waals surface area contributed by atoms with E-state index in [4.69, 9.17) is 4.74 Å². The minimum absolute atomic E-state index is 0.00338. The van der Waals surface area contributed by atoms with Crippen molar-refractivity contribution in [2.75, 3.05) is 6.61 Å². The third kappa shape index (κ3) is 1.48. The van der Waals surface area contributed by atoms with Gasteiger partial charge in [-0.05, 0) is 26.7 Å². The molecule has 2 heterocycles. The van der Waals surface area contributed by atoms with Crippen molar-refractivity contribution in [1.82, 2.24) is 14.8 Å². The molecule has 0 radical (unpaired) electrons. The van der Waals surface area contributed by atoms with Crippen LogP contribution in [0, 0.1) is 0 Å². The first-order valence-corrected chi connectivity index (χ1v) is 4.98. The fourth-order valence-corrected chi connectivity index (χ4v) is 1.82. The summed E-state index contributed by atoms with van der Waals surface area (Å²) in [5.74, 6) is 0.738. The van der Waals surface area contributed by atoms with Crippen LogP contribution in [0.25, 0.3) is 0 Å². The van der Waals surface area contributed by atoms with E-state index in [0.29, 0.717) is 0 Å². The van der Waals surface area contributed by atoms with Crippen LogP contribution in [-0.2, 0) is 4.74 Å². The lowest BCUT2D eigenvalue weighted by molar-refractivity contribution is 0.100. The maximum Gasteiger partial charge on any atom is 0.343 e. The highest BCUT2D eigenvalue weighted by molar-refractivity contribution is 4.95. The van der Waals surface area contributed by atoms with E-state index < -0.39 is 0 Å². The molecule has 1 atom stereocenters. The Morgan fingerprint density at radius 1 is 1.64 bits per heavy atom. The van der Waals surface area contributed by atoms with E-state index in [0.717, 1.165) is 25.3 Å². The molecule has 78 valence electrons. The quantitative estimate of drug-likeness (QED) is 0.769. The van der Waals surface area contributed by atoms with Gasteiger partial charge < -0.3 is 4.74 Å². The van der Waals surface area contributed by atoms with Crippen LogP contribution < -0.4 is 5.69 Å². The van der Waals surface area contributed by atoms with Crippen molar-refractivity contribution in [3.8, 4) is 0 Å². The highest BCUT2D eigenvalue weighted by atomic mass is 16.5. The van der Waals surface area contributed by atoms with Gasteiger partial charge in [-0.3, -0.25) is 4.57 Å². The van der Waals surface area contributed by atoms with Gasteiger partial charge in [0.1, 0.15) is 6.10 Å². The highest BCUT2D eigenvalue weighted by Gasteiger charge is 2.24. The Morgan fingerprint density at radius 3 is 3.00 bits per heavy atom. The molecule has 0 bridgehead atoms. The molecule has 0 aliphatic carbocycles. The lowest BCUT2D eigenvalue weighted by Crippen LogP contribution is -2.22. The van der Waals surface area contributed by atoms with Gasteiger partial charge in [0.15, 0.2) is 5.82 Å². The molecule has 1 aliphatic heterocycles. The molecule has 14 heavy (non-hydrogen) atoms. The molecule has 1 aromatic rings. The average molecular weight is 197 g/mol. The predicted octanol–water partition coefficient (Wildman–Crippen LogP) is 1.00. The Kier molecular flexibility index (Phi) is 2.41. The van der Waals surface area contributed by atoms with Gasteiger partial charge in [-0.15, -0.1) is 0 Å². The van der Waals surface area contributed by atoms with Gasteiger partial charge in [-0.2, -0.15) is 5.10 Å². The summed E-state index contributed by atoms with van der Waals surface area (Å²) in [6, 6.07) is 0.125. The Labute approximate surface area is 82.1 Å². The van der Waals surface area contributed by atoms with Crippen LogP contribution in [0.3, 0.4) is 0 Å². The Bertz CT molecular complexity index is 360. The van der Waals surface area contributed by atoms with Gasteiger partial charge in [0.25, 0.3) is 0 Å². The maximum absolute atomic E-state index is 11.4. The van der Waals surface area contributed by atoms with Crippen LogP contribution in [0.5, 0.6) is 0 Å². The average Bonchev–Trinajstić information content (AvgIpc) is 2.70. The molecule has 0 spiro atoms. The second-order valence-electron chi connectivity index (χ2n) is 3.85. The second-order valence-corrected chi connectivity index (χ2v) is 3.85. The number of rotatable bonds is 2. The van der Waals surface area contributed by atoms with E-state index >= 15 is 0 Å². The molecule has 0 saturated carbocycles. The van der Waals surface area contributed by atoms with Crippen LogP contribution in [0.1, 0.15) is 44.7 Å². The first-order valence-electron chi connectivity index (χ1n) is 4.98. The normalized spacial score (nSPS) is 22.1. The minimum Gasteiger partial charge on any atom is -0.370 e. The molecule has 1 aromatic heterocycles. The fraction of sp³-hybridized carbons (Fsp3) is 0.778. The summed E-state index contributed by atoms with van der Waals surface area (Å²) in [4.78, 5) is 11.4. The van der Waals surface area contributed by atoms with Crippen molar-refractivity contribution >= 4 is 0 Å². The van der Waals surface area contributed by atoms with Gasteiger partial charge in [-0.1, -0.05) is 0 Å². The summed E-state index contributed by atoms with van der Waals surface area (Å²) in [6.07, 6.45) is 2.00. The largest absolute Gasteiger partial charge is 0.370 e. The number of H-pyrrole nitrogens is 1. The maximum atomic E-state index is 11.4. The summed E-state index contributed by atoms with van der Waals surface area (Å²) in [5.41, 5.74) is -0.148. The first-order chi connectivity index (χ1) is 6.70. The van der Waals surface area contributed by atoms with Crippen LogP contribution in [0.2, 0.25) is 0 Å². The fourth-order valence-electron chi connectivity index (χ4n) is 1.82. The van der Waals surface area contributed by atoms with E-state index in [2.05, 4.69) is 10.2 Å². The summed E-state index contributed by atoms with van der Waals surface area (Å²) < 4.78 is 7.16. The topological polar surface area (TPSA) is 59.9 Å². The Hall–Kier alpha value is -1.10. The van der Waals surface area contributed by atoms with Crippen molar-refractivity contribution in [3.63, 3.8) is 0 Å². The van der Waals surface area contributed by atoms with Crippen LogP contribution in [0.4, 0.5) is 0 Å². The van der Waals surface area contributed by atoms with Crippen LogP contribution in [0.15, 0.2) is 4.79 Å². The van der Waals surface area contributed by atoms with Crippen LogP contribution in [-0.4, -0.2) is 21.4 Å². The molecule has 1 aliphatic rings. The highest BCUT2D eigenvalue weighted by Crippen LogP contribution is 2.27. The van der Waals surface area contributed by atoms with Gasteiger partial charge in [0.05, 0.1) is 0 Å². The van der Waals surface area contributed by atoms with Gasteiger partial charge in [0.2, 0.25) is 0 Å². The molecular weight excluding hydrogens is 182 g/mol. The Morgan fingerprint density at radius 2 is 2.43 bits per heavy atom. The second kappa shape index (κ2) is 3.57. The molecule has 2 rings (SSSR count). The number of nitrogens with one attached hydrogen (secondary N) is 1. The van der Waals surface area contributed by atoms with E-state index in [-0.39, 0.29) is 17.8 Å². The van der Waals surface area contributed by atoms with Gasteiger partial charge >= 0.3 is 5.69 Å². The summed E-state index contributed by atoms with van der Waals surface area (Å²) in [6.45, 7) is 4.70. The first kappa shape index (κ1) is 9.45. The number of ether oxygens (including phenoxy) is 1. The molecule has 0 aromatic carbocycles. The molecule has 1 fully saturated rings. The zero-order valence-electron chi connectivity index (χ0n) is 8.49. The molecule has 1 saturated heterocycles. The molecule has 1 N–H and O–H groups in total. The van der Waals surface area contributed by atoms with Gasteiger partial charge in [0, 0.05) is 12.6 Å². The van der Waals surface area contributed by atoms with Crippen molar-refractivity contribution in [3.05, 3.63) is 16.3 Å². The Balaban J connectivity index is 2.37. The molecule has 5 heteroatoms.